The zero-order valence-electron chi connectivity index (χ0n) is 12.2. The predicted molar refractivity (Wildman–Crippen MR) is 82.9 cm³/mol. The highest BCUT2D eigenvalue weighted by Gasteiger charge is 2.20. The first-order valence-electron chi connectivity index (χ1n) is 7.06. The Hall–Kier alpha value is -1.18. The molecule has 2 aromatic heterocycles. The van der Waals surface area contributed by atoms with Gasteiger partial charge in [0.05, 0.1) is 11.9 Å². The average Bonchev–Trinajstić information content (AvgIpc) is 3.01. The average molecular weight is 325 g/mol. The molecule has 0 saturated heterocycles. The molecule has 1 aliphatic rings. The lowest BCUT2D eigenvalue weighted by atomic mass is 9.99. The van der Waals surface area contributed by atoms with E-state index in [1.54, 1.807) is 30.0 Å². The van der Waals surface area contributed by atoms with Crippen molar-refractivity contribution in [3.8, 4) is 0 Å². The zero-order chi connectivity index (χ0) is 15.0. The van der Waals surface area contributed by atoms with E-state index < -0.39 is 10.0 Å². The molecule has 5 nitrogen and oxygen atoms in total. The number of hydrogen-bond donors (Lipinski definition) is 1. The van der Waals surface area contributed by atoms with Gasteiger partial charge in [-0.3, -0.25) is 4.68 Å². The largest absolute Gasteiger partial charge is 0.272 e. The van der Waals surface area contributed by atoms with Crippen LogP contribution in [0, 0.1) is 6.92 Å². The minimum absolute atomic E-state index is 0.256. The molecule has 0 amide bonds. The molecule has 0 aromatic carbocycles. The number of nitrogens with one attached hydrogen (secondary N) is 1. The van der Waals surface area contributed by atoms with E-state index in [9.17, 15) is 8.42 Å². The van der Waals surface area contributed by atoms with Gasteiger partial charge in [0.15, 0.2) is 0 Å². The van der Waals surface area contributed by atoms with Crippen molar-refractivity contribution < 1.29 is 8.42 Å². The topological polar surface area (TPSA) is 64.0 Å². The summed E-state index contributed by atoms with van der Waals surface area (Å²) in [7, 11) is -1.76. The van der Waals surface area contributed by atoms with E-state index in [4.69, 9.17) is 0 Å². The molecule has 7 heteroatoms. The molecule has 0 radical (unpaired) electrons. The summed E-state index contributed by atoms with van der Waals surface area (Å²) in [4.78, 5) is 2.77. The van der Waals surface area contributed by atoms with Gasteiger partial charge in [0.2, 0.25) is 10.0 Å². The summed E-state index contributed by atoms with van der Waals surface area (Å²) in [6.45, 7) is 2.11. The van der Waals surface area contributed by atoms with Gasteiger partial charge in [0.25, 0.3) is 0 Å². The van der Waals surface area contributed by atoms with E-state index >= 15 is 0 Å². The van der Waals surface area contributed by atoms with E-state index in [1.807, 2.05) is 0 Å². The van der Waals surface area contributed by atoms with Crippen molar-refractivity contribution in [1.29, 1.82) is 0 Å². The Kier molecular flexibility index (Phi) is 3.90. The monoisotopic (exact) mass is 325 g/mol. The van der Waals surface area contributed by atoms with Crippen molar-refractivity contribution >= 4 is 21.4 Å². The Morgan fingerprint density at radius 3 is 2.81 bits per heavy atom. The molecule has 0 unspecified atom stereocenters. The second-order valence-electron chi connectivity index (χ2n) is 5.41. The number of thiophene rings is 1. The van der Waals surface area contributed by atoms with Crippen molar-refractivity contribution in [2.45, 2.75) is 44.0 Å². The summed E-state index contributed by atoms with van der Waals surface area (Å²) in [5, 5.41) is 3.99. The Bertz CT molecular complexity index is 736. The lowest BCUT2D eigenvalue weighted by Gasteiger charge is -2.08. The van der Waals surface area contributed by atoms with Crippen LogP contribution in [-0.2, 0) is 36.5 Å². The number of fused-ring (bicyclic) bond motifs is 1. The van der Waals surface area contributed by atoms with Crippen LogP contribution in [0.3, 0.4) is 0 Å². The fraction of sp³-hybridized carbons (Fsp3) is 0.500. The number of nitrogens with zero attached hydrogens (tertiary/aromatic N) is 2. The molecule has 0 spiro atoms. The molecule has 1 aliphatic carbocycles. The summed E-state index contributed by atoms with van der Waals surface area (Å²) in [6.07, 6.45) is 6.14. The smallest absolute Gasteiger partial charge is 0.244 e. The van der Waals surface area contributed by atoms with E-state index in [0.29, 0.717) is 12.2 Å². The predicted octanol–water partition coefficient (Wildman–Crippen LogP) is 2.15. The maximum atomic E-state index is 12.3. The van der Waals surface area contributed by atoms with Gasteiger partial charge in [0, 0.05) is 23.3 Å². The molecule has 0 fully saturated rings. The van der Waals surface area contributed by atoms with Crippen molar-refractivity contribution in [2.75, 3.05) is 0 Å². The fourth-order valence-corrected chi connectivity index (χ4v) is 5.13. The quantitative estimate of drug-likeness (QED) is 0.937. The molecule has 0 atom stereocenters. The van der Waals surface area contributed by atoms with Crippen LogP contribution in [0.2, 0.25) is 0 Å². The van der Waals surface area contributed by atoms with Gasteiger partial charge < -0.3 is 0 Å². The number of sulfonamides is 1. The third-order valence-electron chi connectivity index (χ3n) is 3.96. The second kappa shape index (κ2) is 5.55. The van der Waals surface area contributed by atoms with Crippen LogP contribution in [0.1, 0.15) is 33.9 Å². The maximum absolute atomic E-state index is 12.3. The van der Waals surface area contributed by atoms with Crippen molar-refractivity contribution in [1.82, 2.24) is 14.5 Å². The number of hydrogen-bond acceptors (Lipinski definition) is 4. The number of rotatable bonds is 4. The SMILES string of the molecule is Cc1c(S(=O)(=O)NCc2cc3c(s2)CCCC3)cnn1C. The molecule has 21 heavy (non-hydrogen) atoms. The summed E-state index contributed by atoms with van der Waals surface area (Å²) < 4.78 is 28.9. The van der Waals surface area contributed by atoms with E-state index in [1.165, 1.54) is 29.5 Å². The van der Waals surface area contributed by atoms with Gasteiger partial charge in [-0.15, -0.1) is 11.3 Å². The van der Waals surface area contributed by atoms with Crippen LogP contribution >= 0.6 is 11.3 Å². The van der Waals surface area contributed by atoms with Crippen LogP contribution < -0.4 is 4.72 Å². The summed E-state index contributed by atoms with van der Waals surface area (Å²) in [5.74, 6) is 0. The molecule has 0 saturated carbocycles. The molecule has 3 rings (SSSR count). The highest BCUT2D eigenvalue weighted by molar-refractivity contribution is 7.89. The summed E-state index contributed by atoms with van der Waals surface area (Å²) in [6, 6.07) is 2.15. The molecular formula is C14H19N3O2S2. The highest BCUT2D eigenvalue weighted by atomic mass is 32.2. The molecule has 2 heterocycles. The minimum atomic E-state index is -3.50. The summed E-state index contributed by atoms with van der Waals surface area (Å²) >= 11 is 1.73. The van der Waals surface area contributed by atoms with Crippen molar-refractivity contribution in [3.63, 3.8) is 0 Å². The molecule has 114 valence electrons. The first-order valence-corrected chi connectivity index (χ1v) is 9.36. The van der Waals surface area contributed by atoms with Gasteiger partial charge in [-0.25, -0.2) is 13.1 Å². The second-order valence-corrected chi connectivity index (χ2v) is 8.37. The van der Waals surface area contributed by atoms with Crippen molar-refractivity contribution in [2.24, 2.45) is 7.05 Å². The Labute approximate surface area is 129 Å². The van der Waals surface area contributed by atoms with Crippen LogP contribution in [0.15, 0.2) is 17.2 Å². The standard InChI is InChI=1S/C14H19N3O2S2/c1-10-14(9-15-17(10)2)21(18,19)16-8-12-7-11-5-3-4-6-13(11)20-12/h7,9,16H,3-6,8H2,1-2H3. The Morgan fingerprint density at radius 1 is 1.38 bits per heavy atom. The molecule has 0 aliphatic heterocycles. The number of aryl methyl sites for hydroxylation is 3. The first-order chi connectivity index (χ1) is 9.97. The highest BCUT2D eigenvalue weighted by Crippen LogP contribution is 2.29. The van der Waals surface area contributed by atoms with Gasteiger partial charge >= 0.3 is 0 Å². The van der Waals surface area contributed by atoms with E-state index in [0.717, 1.165) is 17.7 Å². The van der Waals surface area contributed by atoms with Gasteiger partial charge in [-0.1, -0.05) is 0 Å². The van der Waals surface area contributed by atoms with Gasteiger partial charge in [-0.05, 0) is 44.2 Å². The van der Waals surface area contributed by atoms with Crippen LogP contribution in [0.25, 0.3) is 0 Å². The molecule has 0 bridgehead atoms. The molecular weight excluding hydrogens is 306 g/mol. The van der Waals surface area contributed by atoms with Crippen LogP contribution in [-0.4, -0.2) is 18.2 Å². The van der Waals surface area contributed by atoms with E-state index in [-0.39, 0.29) is 4.90 Å². The van der Waals surface area contributed by atoms with Gasteiger partial charge in [-0.2, -0.15) is 5.10 Å². The Balaban J connectivity index is 1.75. The zero-order valence-corrected chi connectivity index (χ0v) is 13.9. The molecule has 1 N–H and O–H groups in total. The minimum Gasteiger partial charge on any atom is -0.272 e. The number of aromatic nitrogens is 2. The first kappa shape index (κ1) is 14.7. The van der Waals surface area contributed by atoms with Crippen LogP contribution in [0.4, 0.5) is 0 Å². The molecule has 2 aromatic rings. The summed E-state index contributed by atoms with van der Waals surface area (Å²) in [5.41, 5.74) is 2.05. The van der Waals surface area contributed by atoms with Gasteiger partial charge in [0.1, 0.15) is 4.90 Å². The lowest BCUT2D eigenvalue weighted by molar-refractivity contribution is 0.580. The maximum Gasteiger partial charge on any atom is 0.244 e. The third kappa shape index (κ3) is 2.90. The van der Waals surface area contributed by atoms with Crippen molar-refractivity contribution in [3.05, 3.63) is 33.3 Å². The normalized spacial score (nSPS) is 15.1. The lowest BCUT2D eigenvalue weighted by Crippen LogP contribution is -2.23. The third-order valence-corrected chi connectivity index (χ3v) is 6.71. The van der Waals surface area contributed by atoms with E-state index in [2.05, 4.69) is 15.9 Å². The van der Waals surface area contributed by atoms with Crippen LogP contribution in [0.5, 0.6) is 0 Å². The Morgan fingerprint density at radius 2 is 2.14 bits per heavy atom. The fourth-order valence-electron chi connectivity index (χ4n) is 2.63.